The van der Waals surface area contributed by atoms with Crippen LogP contribution in [0.3, 0.4) is 0 Å². The summed E-state index contributed by atoms with van der Waals surface area (Å²) < 4.78 is 0. The van der Waals surface area contributed by atoms with Crippen LogP contribution in [-0.4, -0.2) is 37.6 Å². The number of nitrogens with one attached hydrogen (secondary N) is 1. The summed E-state index contributed by atoms with van der Waals surface area (Å²) in [6.45, 7) is 6.12. The Bertz CT molecular complexity index is 193. The van der Waals surface area contributed by atoms with Crippen LogP contribution < -0.4 is 5.32 Å². The molecule has 2 heteroatoms. The first kappa shape index (κ1) is 11.4. The molecule has 0 radical (unpaired) electrons. The molecule has 0 spiro atoms. The Labute approximate surface area is 94.4 Å². The van der Waals surface area contributed by atoms with E-state index >= 15 is 0 Å². The number of nitrogens with zero attached hydrogens (tertiary/aromatic N) is 1. The monoisotopic (exact) mass is 210 g/mol. The lowest BCUT2D eigenvalue weighted by molar-refractivity contribution is 0.0958. The fourth-order valence-electron chi connectivity index (χ4n) is 3.24. The molecule has 2 nitrogen and oxygen atoms in total. The van der Waals surface area contributed by atoms with Crippen LogP contribution in [0.1, 0.15) is 45.4 Å². The lowest BCUT2D eigenvalue weighted by atomic mass is 9.80. The van der Waals surface area contributed by atoms with E-state index in [2.05, 4.69) is 24.2 Å². The van der Waals surface area contributed by atoms with Gasteiger partial charge in [-0.2, -0.15) is 0 Å². The smallest absolute Gasteiger partial charge is 0.00924 e. The Balaban J connectivity index is 1.87. The van der Waals surface area contributed by atoms with Crippen molar-refractivity contribution in [2.24, 2.45) is 5.41 Å². The maximum atomic E-state index is 3.55. The Morgan fingerprint density at radius 1 is 1.40 bits per heavy atom. The van der Waals surface area contributed by atoms with Crippen molar-refractivity contribution < 1.29 is 0 Å². The van der Waals surface area contributed by atoms with Gasteiger partial charge in [-0.1, -0.05) is 19.8 Å². The van der Waals surface area contributed by atoms with Gasteiger partial charge in [-0.05, 0) is 44.7 Å². The molecule has 1 N–H and O–H groups in total. The van der Waals surface area contributed by atoms with Gasteiger partial charge in [0.25, 0.3) is 0 Å². The molecule has 1 atom stereocenters. The van der Waals surface area contributed by atoms with Crippen molar-refractivity contribution in [3.63, 3.8) is 0 Å². The van der Waals surface area contributed by atoms with Gasteiger partial charge in [0.2, 0.25) is 0 Å². The standard InChI is InChI=1S/C13H26N2/c1-3-7-13(8-9-14-10-13)11-15(2)12-5-4-6-12/h12,14H,3-11H2,1-2H3. The second-order valence-electron chi connectivity index (χ2n) is 5.68. The molecule has 1 saturated carbocycles. The topological polar surface area (TPSA) is 15.3 Å². The second-order valence-corrected chi connectivity index (χ2v) is 5.68. The third kappa shape index (κ3) is 2.54. The molecule has 1 aliphatic heterocycles. The van der Waals surface area contributed by atoms with Crippen LogP contribution in [0.25, 0.3) is 0 Å². The van der Waals surface area contributed by atoms with Gasteiger partial charge >= 0.3 is 0 Å². The normalized spacial score (nSPS) is 32.2. The molecule has 1 saturated heterocycles. The van der Waals surface area contributed by atoms with Crippen molar-refractivity contribution >= 4 is 0 Å². The van der Waals surface area contributed by atoms with Gasteiger partial charge in [-0.25, -0.2) is 0 Å². The molecule has 0 aromatic rings. The van der Waals surface area contributed by atoms with Gasteiger partial charge in [0.05, 0.1) is 0 Å². The first-order valence-electron chi connectivity index (χ1n) is 6.67. The average Bonchev–Trinajstić information content (AvgIpc) is 2.50. The Morgan fingerprint density at radius 2 is 2.20 bits per heavy atom. The summed E-state index contributed by atoms with van der Waals surface area (Å²) in [5.74, 6) is 0. The highest BCUT2D eigenvalue weighted by Crippen LogP contribution is 2.34. The van der Waals surface area contributed by atoms with Crippen LogP contribution in [0.15, 0.2) is 0 Å². The molecule has 1 unspecified atom stereocenters. The summed E-state index contributed by atoms with van der Waals surface area (Å²) in [4.78, 5) is 2.63. The van der Waals surface area contributed by atoms with E-state index in [1.807, 2.05) is 0 Å². The lowest BCUT2D eigenvalue weighted by Gasteiger charge is -2.40. The fourth-order valence-corrected chi connectivity index (χ4v) is 3.24. The maximum absolute atomic E-state index is 3.55. The number of hydrogen-bond acceptors (Lipinski definition) is 2. The Morgan fingerprint density at radius 3 is 2.67 bits per heavy atom. The molecule has 88 valence electrons. The van der Waals surface area contributed by atoms with Gasteiger partial charge in [0, 0.05) is 19.1 Å². The van der Waals surface area contributed by atoms with Crippen LogP contribution in [0.4, 0.5) is 0 Å². The minimum atomic E-state index is 0.596. The number of hydrogen-bond donors (Lipinski definition) is 1. The van der Waals surface area contributed by atoms with E-state index in [0.717, 1.165) is 6.04 Å². The maximum Gasteiger partial charge on any atom is 0.00924 e. The van der Waals surface area contributed by atoms with Crippen molar-refractivity contribution in [3.05, 3.63) is 0 Å². The molecule has 2 rings (SSSR count). The highest BCUT2D eigenvalue weighted by Gasteiger charge is 2.36. The zero-order chi connectivity index (χ0) is 10.7. The highest BCUT2D eigenvalue weighted by atomic mass is 15.2. The molecule has 0 aromatic carbocycles. The van der Waals surface area contributed by atoms with Gasteiger partial charge in [0.15, 0.2) is 0 Å². The first-order valence-corrected chi connectivity index (χ1v) is 6.67. The minimum Gasteiger partial charge on any atom is -0.316 e. The quantitative estimate of drug-likeness (QED) is 0.749. The minimum absolute atomic E-state index is 0.596. The fraction of sp³-hybridized carbons (Fsp3) is 1.00. The number of rotatable bonds is 5. The van der Waals surface area contributed by atoms with Crippen molar-refractivity contribution in [1.82, 2.24) is 10.2 Å². The molecule has 1 aliphatic carbocycles. The van der Waals surface area contributed by atoms with Crippen LogP contribution in [0, 0.1) is 5.41 Å². The lowest BCUT2D eigenvalue weighted by Crippen LogP contribution is -2.45. The van der Waals surface area contributed by atoms with Gasteiger partial charge in [-0.15, -0.1) is 0 Å². The predicted octanol–water partition coefficient (Wildman–Crippen LogP) is 2.25. The van der Waals surface area contributed by atoms with E-state index < -0.39 is 0 Å². The Kier molecular flexibility index (Phi) is 3.68. The summed E-state index contributed by atoms with van der Waals surface area (Å²) >= 11 is 0. The molecule has 1 heterocycles. The molecule has 0 amide bonds. The zero-order valence-corrected chi connectivity index (χ0v) is 10.4. The summed E-state index contributed by atoms with van der Waals surface area (Å²) in [7, 11) is 2.33. The van der Waals surface area contributed by atoms with E-state index in [4.69, 9.17) is 0 Å². The van der Waals surface area contributed by atoms with Crippen molar-refractivity contribution in [2.45, 2.75) is 51.5 Å². The third-order valence-electron chi connectivity index (χ3n) is 4.40. The molecular weight excluding hydrogens is 184 g/mol. The highest BCUT2D eigenvalue weighted by molar-refractivity contribution is 4.92. The summed E-state index contributed by atoms with van der Waals surface area (Å²) in [5, 5.41) is 3.55. The summed E-state index contributed by atoms with van der Waals surface area (Å²) in [6.07, 6.45) is 8.45. The van der Waals surface area contributed by atoms with Crippen LogP contribution in [0.5, 0.6) is 0 Å². The first-order chi connectivity index (χ1) is 7.26. The van der Waals surface area contributed by atoms with Crippen molar-refractivity contribution in [3.8, 4) is 0 Å². The molecule has 15 heavy (non-hydrogen) atoms. The predicted molar refractivity (Wildman–Crippen MR) is 65.1 cm³/mol. The van der Waals surface area contributed by atoms with Crippen molar-refractivity contribution in [1.29, 1.82) is 0 Å². The van der Waals surface area contributed by atoms with Crippen LogP contribution in [0.2, 0.25) is 0 Å². The van der Waals surface area contributed by atoms with Crippen molar-refractivity contribution in [2.75, 3.05) is 26.7 Å². The molecule has 0 aromatic heterocycles. The summed E-state index contributed by atoms with van der Waals surface area (Å²) in [6, 6.07) is 0.902. The second kappa shape index (κ2) is 4.84. The summed E-state index contributed by atoms with van der Waals surface area (Å²) in [5.41, 5.74) is 0.596. The molecule has 2 fully saturated rings. The van der Waals surface area contributed by atoms with Crippen LogP contribution in [-0.2, 0) is 0 Å². The van der Waals surface area contributed by atoms with Gasteiger partial charge in [-0.3, -0.25) is 0 Å². The van der Waals surface area contributed by atoms with E-state index in [1.54, 1.807) is 0 Å². The largest absolute Gasteiger partial charge is 0.316 e. The third-order valence-corrected chi connectivity index (χ3v) is 4.40. The molecular formula is C13H26N2. The zero-order valence-electron chi connectivity index (χ0n) is 10.4. The molecule has 2 aliphatic rings. The van der Waals surface area contributed by atoms with E-state index in [0.29, 0.717) is 5.41 Å². The van der Waals surface area contributed by atoms with E-state index in [-0.39, 0.29) is 0 Å². The Hall–Kier alpha value is -0.0800. The van der Waals surface area contributed by atoms with E-state index in [1.165, 1.54) is 58.2 Å². The van der Waals surface area contributed by atoms with E-state index in [9.17, 15) is 0 Å². The SMILES string of the molecule is CCCC1(CN(C)C2CCC2)CCNC1. The van der Waals surface area contributed by atoms with Gasteiger partial charge < -0.3 is 10.2 Å². The molecule has 0 bridgehead atoms. The van der Waals surface area contributed by atoms with Gasteiger partial charge in [0.1, 0.15) is 0 Å². The average molecular weight is 210 g/mol. The van der Waals surface area contributed by atoms with Crippen LogP contribution >= 0.6 is 0 Å².